The average Bonchev–Trinajstić information content (AvgIpc) is 3.85. The molecule has 19 heteroatoms. The number of para-hydroxylation sites is 1. The van der Waals surface area contributed by atoms with Gasteiger partial charge in [-0.25, -0.2) is 44.6 Å². The van der Waals surface area contributed by atoms with Crippen LogP contribution in [0, 0.1) is 0 Å². The molecule has 0 saturated carbocycles. The van der Waals surface area contributed by atoms with E-state index >= 15 is 0 Å². The van der Waals surface area contributed by atoms with Crippen molar-refractivity contribution in [3.63, 3.8) is 0 Å². The molecule has 0 aliphatic carbocycles. The van der Waals surface area contributed by atoms with Crippen molar-refractivity contribution in [3.05, 3.63) is 101 Å². The number of aromatic nitrogens is 2. The van der Waals surface area contributed by atoms with Gasteiger partial charge in [-0.05, 0) is 79.9 Å². The molecule has 1 aromatic heterocycles. The first kappa shape index (κ1) is 49.1. The van der Waals surface area contributed by atoms with E-state index in [0.717, 1.165) is 27.8 Å². The van der Waals surface area contributed by atoms with Gasteiger partial charge in [-0.3, -0.25) is 0 Å². The van der Waals surface area contributed by atoms with Crippen LogP contribution in [-0.4, -0.2) is 117 Å². The van der Waals surface area contributed by atoms with Crippen LogP contribution in [0.3, 0.4) is 0 Å². The van der Waals surface area contributed by atoms with E-state index in [0.29, 0.717) is 48.0 Å². The topological polar surface area (TPSA) is 238 Å². The Hall–Kier alpha value is -5.79. The molecule has 0 spiro atoms. The summed E-state index contributed by atoms with van der Waals surface area (Å²) in [6.07, 6.45) is -0.285. The fourth-order valence-electron chi connectivity index (χ4n) is 9.38. The highest BCUT2D eigenvalue weighted by Gasteiger charge is 2.44. The summed E-state index contributed by atoms with van der Waals surface area (Å²) in [5.74, 6) is -1.41. The van der Waals surface area contributed by atoms with Crippen LogP contribution >= 0.6 is 0 Å². The van der Waals surface area contributed by atoms with Crippen molar-refractivity contribution < 1.29 is 54.6 Å². The fraction of sp³-hybridized carbons (Fsp3) is 0.417. The molecule has 4 aromatic carbocycles. The number of aromatic carboxylic acids is 2. The lowest BCUT2D eigenvalue weighted by Crippen LogP contribution is -2.50. The summed E-state index contributed by atoms with van der Waals surface area (Å²) >= 11 is 0. The number of benzene rings is 4. The van der Waals surface area contributed by atoms with Crippen LogP contribution in [0.5, 0.6) is 0 Å². The Kier molecular flexibility index (Phi) is 12.3. The largest absolute Gasteiger partial charge is 0.478 e. The third-order valence-corrected chi connectivity index (χ3v) is 18.6. The van der Waals surface area contributed by atoms with Crippen molar-refractivity contribution in [3.8, 4) is 11.4 Å². The normalized spacial score (nSPS) is 19.7. The molecule has 16 nitrogen and oxygen atoms in total. The number of nitrogens with one attached hydrogen (secondary N) is 1. The number of carbonyl (C=O) groups excluding carboxylic acids is 1. The molecule has 4 aliphatic heterocycles. The zero-order chi connectivity index (χ0) is 49.4. The minimum Gasteiger partial charge on any atom is -0.478 e. The number of rotatable bonds is 4. The maximum absolute atomic E-state index is 12.8. The van der Waals surface area contributed by atoms with Crippen LogP contribution in [0.4, 0.5) is 10.5 Å². The zero-order valence-corrected chi connectivity index (χ0v) is 41.4. The van der Waals surface area contributed by atoms with E-state index < -0.39 is 63.3 Å². The maximum Gasteiger partial charge on any atom is 0.410 e. The van der Waals surface area contributed by atoms with E-state index in [1.165, 1.54) is 30.3 Å². The van der Waals surface area contributed by atoms with E-state index in [1.54, 1.807) is 30.9 Å². The predicted octanol–water partition coefficient (Wildman–Crippen LogP) is 7.25. The van der Waals surface area contributed by atoms with Gasteiger partial charge < -0.3 is 29.7 Å². The number of hydrogen-bond acceptors (Lipinski definition) is 12. The predicted molar refractivity (Wildman–Crippen MR) is 254 cm³/mol. The summed E-state index contributed by atoms with van der Waals surface area (Å²) in [7, 11) is -9.98. The third kappa shape index (κ3) is 9.68. The van der Waals surface area contributed by atoms with Crippen LogP contribution in [0.25, 0.3) is 22.4 Å². The van der Waals surface area contributed by atoms with Crippen molar-refractivity contribution >= 4 is 64.3 Å². The molecule has 0 radical (unpaired) electrons. The Balaban J connectivity index is 0.000000172. The van der Waals surface area contributed by atoms with Crippen LogP contribution in [0.15, 0.2) is 87.5 Å². The summed E-state index contributed by atoms with van der Waals surface area (Å²) in [5, 5.41) is 17.9. The van der Waals surface area contributed by atoms with E-state index in [4.69, 9.17) is 19.9 Å². The monoisotopic (exact) mass is 976 g/mol. The maximum atomic E-state index is 12.8. The second kappa shape index (κ2) is 16.8. The minimum atomic E-state index is -3.33. The van der Waals surface area contributed by atoms with E-state index in [2.05, 4.69) is 9.88 Å². The average molecular weight is 977 g/mol. The van der Waals surface area contributed by atoms with Gasteiger partial charge in [0.2, 0.25) is 0 Å². The summed E-state index contributed by atoms with van der Waals surface area (Å²) in [6.45, 7) is 19.2. The fourth-order valence-corrected chi connectivity index (χ4v) is 16.1. The number of carbonyl (C=O) groups is 3. The molecule has 0 bridgehead atoms. The number of nitrogens with zero attached hydrogens (tertiary/aromatic N) is 3. The number of sulfone groups is 3. The molecular formula is C48H56N4O12S3. The molecule has 358 valence electrons. The van der Waals surface area contributed by atoms with Gasteiger partial charge in [0.1, 0.15) is 16.9 Å². The Morgan fingerprint density at radius 1 is 0.657 bits per heavy atom. The van der Waals surface area contributed by atoms with Crippen molar-refractivity contribution in [2.45, 2.75) is 98.8 Å². The molecule has 0 atom stereocenters. The number of H-pyrrole nitrogens is 1. The van der Waals surface area contributed by atoms with Crippen molar-refractivity contribution in [1.82, 2.24) is 14.9 Å². The molecule has 1 amide bonds. The number of aromatic amines is 1. The van der Waals surface area contributed by atoms with Crippen LogP contribution in [0.2, 0.25) is 0 Å². The highest BCUT2D eigenvalue weighted by atomic mass is 32.2. The smallest absolute Gasteiger partial charge is 0.410 e. The number of ether oxygens (including phenoxy) is 1. The second-order valence-corrected chi connectivity index (χ2v) is 26.2. The standard InChI is InChI=1S/C26H32N4O4S.2C11H12O4S/c1-25(2,3)34-24(31)30-13-11-29(12-14-30)20-8-6-7-19-22(20)28-23(27-19)17-9-10-18-21(15-17)35(32,33)16-26(18,4)5;1-11(2)6-16(14,15)9-5-7(10(12)13)3-4-8(9)11;1-11(2)6-16(14,15)8-5-3-4-7(9(8)11)10(12)13/h6-10,15H,11-14,16H2,1-5H3,(H,27,28);2*3-5H,6H2,1-2H3,(H,12,13). The van der Waals surface area contributed by atoms with Crippen LogP contribution in [0.1, 0.15) is 99.7 Å². The number of carboxylic acids is 2. The molecule has 9 rings (SSSR count). The van der Waals surface area contributed by atoms with Crippen molar-refractivity contribution in [2.75, 3.05) is 48.3 Å². The van der Waals surface area contributed by atoms with E-state index in [1.807, 2.05) is 78.8 Å². The first-order valence-corrected chi connectivity index (χ1v) is 26.6. The third-order valence-electron chi connectivity index (χ3n) is 12.3. The Bertz CT molecular complexity index is 3170. The lowest BCUT2D eigenvalue weighted by atomic mass is 9.84. The van der Waals surface area contributed by atoms with Gasteiger partial charge in [0.25, 0.3) is 0 Å². The lowest BCUT2D eigenvalue weighted by Gasteiger charge is -2.36. The highest BCUT2D eigenvalue weighted by molar-refractivity contribution is 7.92. The van der Waals surface area contributed by atoms with Gasteiger partial charge in [-0.15, -0.1) is 0 Å². The summed E-state index contributed by atoms with van der Waals surface area (Å²) < 4.78 is 78.4. The molecule has 5 heterocycles. The lowest BCUT2D eigenvalue weighted by molar-refractivity contribution is 0.0240. The minimum absolute atomic E-state index is 0.0139. The van der Waals surface area contributed by atoms with E-state index in [-0.39, 0.29) is 44.3 Å². The zero-order valence-electron chi connectivity index (χ0n) is 38.9. The van der Waals surface area contributed by atoms with Gasteiger partial charge >= 0.3 is 18.0 Å². The Morgan fingerprint density at radius 2 is 1.19 bits per heavy atom. The number of anilines is 1. The SMILES string of the molecule is CC(C)(C)OC(=O)N1CCN(c2cccc3[nH]c(-c4ccc5c(c4)S(=O)(=O)CC5(C)C)nc23)CC1.CC1(C)CS(=O)(=O)c2cc(C(=O)O)ccc21.CC1(C)CS(=O)(=O)c2cccc(C(=O)O)c21. The molecule has 3 N–H and O–H groups in total. The number of piperazine rings is 1. The molecule has 1 saturated heterocycles. The molecular weight excluding hydrogens is 921 g/mol. The molecule has 0 unspecified atom stereocenters. The number of amides is 1. The molecule has 5 aromatic rings. The van der Waals surface area contributed by atoms with Gasteiger partial charge in [-0.1, -0.05) is 71.9 Å². The number of imidazole rings is 1. The van der Waals surface area contributed by atoms with Gasteiger partial charge in [-0.2, -0.15) is 0 Å². The number of carboxylic acid groups (broad SMARTS) is 2. The summed E-state index contributed by atoms with van der Waals surface area (Å²) in [4.78, 5) is 47.2. The number of hydrogen-bond donors (Lipinski definition) is 3. The Labute approximate surface area is 391 Å². The molecule has 67 heavy (non-hydrogen) atoms. The van der Waals surface area contributed by atoms with Crippen LogP contribution < -0.4 is 4.90 Å². The number of fused-ring (bicyclic) bond motifs is 4. The van der Waals surface area contributed by atoms with Crippen molar-refractivity contribution in [2.24, 2.45) is 0 Å². The second-order valence-electron chi connectivity index (χ2n) is 20.4. The van der Waals surface area contributed by atoms with E-state index in [9.17, 15) is 39.6 Å². The van der Waals surface area contributed by atoms with Gasteiger partial charge in [0.05, 0.1) is 54.3 Å². The molecule has 4 aliphatic rings. The molecule has 1 fully saturated rings. The Morgan fingerprint density at radius 3 is 1.76 bits per heavy atom. The van der Waals surface area contributed by atoms with Crippen molar-refractivity contribution in [1.29, 1.82) is 0 Å². The van der Waals surface area contributed by atoms with Gasteiger partial charge in [0.15, 0.2) is 29.5 Å². The highest BCUT2D eigenvalue weighted by Crippen LogP contribution is 2.43. The van der Waals surface area contributed by atoms with Gasteiger partial charge in [0, 0.05) is 48.0 Å². The first-order valence-electron chi connectivity index (χ1n) is 21.6. The summed E-state index contributed by atoms with van der Waals surface area (Å²) in [6, 6.07) is 20.3. The first-order chi connectivity index (χ1) is 30.8. The van der Waals surface area contributed by atoms with Crippen LogP contribution in [-0.2, 0) is 50.5 Å². The quantitative estimate of drug-likeness (QED) is 0.161. The summed E-state index contributed by atoms with van der Waals surface area (Å²) in [5.41, 5.74) is 3.57.